The quantitative estimate of drug-likeness (QED) is 0.805. The van der Waals surface area contributed by atoms with Crippen LogP contribution in [0.2, 0.25) is 0 Å². The minimum Gasteiger partial charge on any atom is -0.385 e. The van der Waals surface area contributed by atoms with E-state index in [0.717, 1.165) is 35.5 Å². The average Bonchev–Trinajstić information content (AvgIpc) is 2.36. The van der Waals surface area contributed by atoms with Gasteiger partial charge in [-0.05, 0) is 50.3 Å². The van der Waals surface area contributed by atoms with Gasteiger partial charge in [-0.15, -0.1) is 0 Å². The molecule has 0 aliphatic carbocycles. The lowest BCUT2D eigenvalue weighted by atomic mass is 10.1. The Morgan fingerprint density at radius 2 is 2.16 bits per heavy atom. The maximum absolute atomic E-state index is 12.1. The lowest BCUT2D eigenvalue weighted by Crippen LogP contribution is -2.34. The van der Waals surface area contributed by atoms with Crippen LogP contribution in [-0.4, -0.2) is 30.5 Å². The molecule has 19 heavy (non-hydrogen) atoms. The summed E-state index contributed by atoms with van der Waals surface area (Å²) >= 11 is 1.74. The molecule has 0 aromatic heterocycles. The van der Waals surface area contributed by atoms with Gasteiger partial charge < -0.3 is 10.6 Å². The monoisotopic (exact) mass is 280 g/mol. The van der Waals surface area contributed by atoms with E-state index in [1.807, 2.05) is 38.3 Å². The maximum atomic E-state index is 12.1. The first-order chi connectivity index (χ1) is 9.08. The molecule has 106 valence electrons. The van der Waals surface area contributed by atoms with Crippen molar-refractivity contribution in [2.45, 2.75) is 33.2 Å². The fraction of sp³-hybridized carbons (Fsp3) is 0.533. The number of nitrogens with one attached hydrogen (secondary N) is 2. The van der Waals surface area contributed by atoms with Gasteiger partial charge in [0, 0.05) is 29.6 Å². The van der Waals surface area contributed by atoms with Gasteiger partial charge in [0.2, 0.25) is 0 Å². The number of amides is 1. The van der Waals surface area contributed by atoms with E-state index in [1.54, 1.807) is 11.8 Å². The van der Waals surface area contributed by atoms with Crippen LogP contribution < -0.4 is 10.6 Å². The summed E-state index contributed by atoms with van der Waals surface area (Å²) in [6.45, 7) is 7.09. The number of hydrogen-bond donors (Lipinski definition) is 2. The summed E-state index contributed by atoms with van der Waals surface area (Å²) in [7, 11) is 0. The Morgan fingerprint density at radius 3 is 2.74 bits per heavy atom. The highest BCUT2D eigenvalue weighted by molar-refractivity contribution is 7.98. The third kappa shape index (κ3) is 5.15. The number of benzene rings is 1. The Labute approximate surface area is 120 Å². The zero-order chi connectivity index (χ0) is 14.3. The molecule has 1 amide bonds. The van der Waals surface area contributed by atoms with Gasteiger partial charge in [0.1, 0.15) is 0 Å². The second-order valence-electron chi connectivity index (χ2n) is 4.79. The van der Waals surface area contributed by atoms with Gasteiger partial charge in [0.15, 0.2) is 0 Å². The molecule has 0 radical (unpaired) electrons. The first-order valence-corrected chi connectivity index (χ1v) is 8.12. The van der Waals surface area contributed by atoms with Crippen molar-refractivity contribution in [2.75, 3.05) is 23.9 Å². The zero-order valence-corrected chi connectivity index (χ0v) is 13.1. The van der Waals surface area contributed by atoms with Gasteiger partial charge in [-0.3, -0.25) is 4.79 Å². The highest BCUT2D eigenvalue weighted by atomic mass is 32.2. The van der Waals surface area contributed by atoms with Gasteiger partial charge in [-0.25, -0.2) is 0 Å². The van der Waals surface area contributed by atoms with E-state index in [-0.39, 0.29) is 11.9 Å². The Kier molecular flexibility index (Phi) is 6.78. The van der Waals surface area contributed by atoms with Crippen molar-refractivity contribution in [3.05, 3.63) is 29.3 Å². The molecule has 1 atom stereocenters. The predicted octanol–water partition coefficient (Wildman–Crippen LogP) is 3.30. The summed E-state index contributed by atoms with van der Waals surface area (Å²) in [6.07, 6.45) is 3.13. The van der Waals surface area contributed by atoms with Gasteiger partial charge in [-0.2, -0.15) is 11.8 Å². The minimum atomic E-state index is 0.0149. The molecular formula is C15H24N2OS. The third-order valence-electron chi connectivity index (χ3n) is 2.84. The number of hydrogen-bond acceptors (Lipinski definition) is 3. The first-order valence-electron chi connectivity index (χ1n) is 6.72. The topological polar surface area (TPSA) is 41.1 Å². The van der Waals surface area contributed by atoms with E-state index in [1.165, 1.54) is 0 Å². The lowest BCUT2D eigenvalue weighted by Gasteiger charge is -2.14. The molecule has 1 rings (SSSR count). The lowest BCUT2D eigenvalue weighted by molar-refractivity contribution is 0.0943. The Morgan fingerprint density at radius 1 is 1.42 bits per heavy atom. The number of anilines is 1. The minimum absolute atomic E-state index is 0.0149. The molecular weight excluding hydrogens is 256 g/mol. The van der Waals surface area contributed by atoms with E-state index >= 15 is 0 Å². The van der Waals surface area contributed by atoms with Crippen LogP contribution in [0.5, 0.6) is 0 Å². The summed E-state index contributed by atoms with van der Waals surface area (Å²) in [4.78, 5) is 12.1. The fourth-order valence-corrected chi connectivity index (χ4v) is 2.47. The molecule has 2 N–H and O–H groups in total. The number of thioether (sulfide) groups is 1. The molecule has 0 spiro atoms. The number of rotatable bonds is 7. The molecule has 1 aromatic rings. The van der Waals surface area contributed by atoms with Crippen molar-refractivity contribution in [3.8, 4) is 0 Å². The molecule has 1 unspecified atom stereocenters. The molecule has 0 heterocycles. The van der Waals surface area contributed by atoms with Crippen LogP contribution in [0, 0.1) is 6.92 Å². The largest absolute Gasteiger partial charge is 0.385 e. The van der Waals surface area contributed by atoms with E-state index in [2.05, 4.69) is 17.6 Å². The van der Waals surface area contributed by atoms with Crippen LogP contribution >= 0.6 is 11.8 Å². The SMILES string of the molecule is CCCNc1ccc(C(=O)NC(C)CSC)c(C)c1. The van der Waals surface area contributed by atoms with Crippen LogP contribution in [0.1, 0.15) is 36.2 Å². The summed E-state index contributed by atoms with van der Waals surface area (Å²) in [5.74, 6) is 0.946. The second-order valence-corrected chi connectivity index (χ2v) is 5.70. The number of aryl methyl sites for hydroxylation is 1. The standard InChI is InChI=1S/C15H24N2OS/c1-5-8-16-13-6-7-14(11(2)9-13)15(18)17-12(3)10-19-4/h6-7,9,12,16H,5,8,10H2,1-4H3,(H,17,18). The highest BCUT2D eigenvalue weighted by Crippen LogP contribution is 2.15. The normalized spacial score (nSPS) is 12.0. The van der Waals surface area contributed by atoms with Crippen molar-refractivity contribution in [1.82, 2.24) is 5.32 Å². The maximum Gasteiger partial charge on any atom is 0.251 e. The van der Waals surface area contributed by atoms with Crippen molar-refractivity contribution >= 4 is 23.4 Å². The van der Waals surface area contributed by atoms with Crippen LogP contribution in [0.25, 0.3) is 0 Å². The Bertz CT molecular complexity index is 421. The van der Waals surface area contributed by atoms with E-state index in [9.17, 15) is 4.79 Å². The van der Waals surface area contributed by atoms with Crippen LogP contribution in [0.3, 0.4) is 0 Å². The second kappa shape index (κ2) is 8.10. The van der Waals surface area contributed by atoms with Crippen LogP contribution in [0.15, 0.2) is 18.2 Å². The predicted molar refractivity (Wildman–Crippen MR) is 85.3 cm³/mol. The summed E-state index contributed by atoms with van der Waals surface area (Å²) < 4.78 is 0. The van der Waals surface area contributed by atoms with Crippen molar-refractivity contribution in [2.24, 2.45) is 0 Å². The smallest absolute Gasteiger partial charge is 0.251 e. The molecule has 0 bridgehead atoms. The third-order valence-corrected chi connectivity index (χ3v) is 3.68. The van der Waals surface area contributed by atoms with E-state index in [0.29, 0.717) is 0 Å². The highest BCUT2D eigenvalue weighted by Gasteiger charge is 2.11. The fourth-order valence-electron chi connectivity index (χ4n) is 1.89. The first kappa shape index (κ1) is 15.9. The van der Waals surface area contributed by atoms with Gasteiger partial charge >= 0.3 is 0 Å². The van der Waals surface area contributed by atoms with Crippen LogP contribution in [0.4, 0.5) is 5.69 Å². The Hall–Kier alpha value is -1.16. The summed E-state index contributed by atoms with van der Waals surface area (Å²) in [5, 5.41) is 6.35. The van der Waals surface area contributed by atoms with Crippen molar-refractivity contribution < 1.29 is 4.79 Å². The molecule has 3 nitrogen and oxygen atoms in total. The van der Waals surface area contributed by atoms with E-state index < -0.39 is 0 Å². The molecule has 0 fully saturated rings. The molecule has 4 heteroatoms. The summed E-state index contributed by atoms with van der Waals surface area (Å²) in [6, 6.07) is 6.09. The molecule has 0 aliphatic heterocycles. The van der Waals surface area contributed by atoms with E-state index in [4.69, 9.17) is 0 Å². The van der Waals surface area contributed by atoms with Crippen molar-refractivity contribution in [3.63, 3.8) is 0 Å². The van der Waals surface area contributed by atoms with Gasteiger partial charge in [-0.1, -0.05) is 6.92 Å². The molecule has 0 saturated heterocycles. The van der Waals surface area contributed by atoms with Crippen LogP contribution in [-0.2, 0) is 0 Å². The summed E-state index contributed by atoms with van der Waals surface area (Å²) in [5.41, 5.74) is 2.85. The molecule has 0 saturated carbocycles. The van der Waals surface area contributed by atoms with Gasteiger partial charge in [0.25, 0.3) is 5.91 Å². The molecule has 1 aromatic carbocycles. The van der Waals surface area contributed by atoms with Crippen molar-refractivity contribution in [1.29, 1.82) is 0 Å². The van der Waals surface area contributed by atoms with Gasteiger partial charge in [0.05, 0.1) is 0 Å². The zero-order valence-electron chi connectivity index (χ0n) is 12.2. The molecule has 0 aliphatic rings. The Balaban J connectivity index is 2.70. The average molecular weight is 280 g/mol. The number of carbonyl (C=O) groups excluding carboxylic acids is 1. The number of carbonyl (C=O) groups is 1.